The van der Waals surface area contributed by atoms with Gasteiger partial charge in [0.1, 0.15) is 11.6 Å². The molecule has 0 atom stereocenters. The molecule has 0 spiro atoms. The number of pyridine rings is 1. The third-order valence-electron chi connectivity index (χ3n) is 3.86. The predicted molar refractivity (Wildman–Crippen MR) is 96.6 cm³/mol. The van der Waals surface area contributed by atoms with E-state index in [0.29, 0.717) is 12.1 Å². The molecule has 0 saturated heterocycles. The number of anilines is 1. The third kappa shape index (κ3) is 4.98. The number of unbranched alkanes of at least 4 members (excludes halogenated alkanes) is 1. The lowest BCUT2D eigenvalue weighted by molar-refractivity contribution is 0.0950. The third-order valence-corrected chi connectivity index (χ3v) is 3.86. The summed E-state index contributed by atoms with van der Waals surface area (Å²) < 4.78 is 5.12. The van der Waals surface area contributed by atoms with Crippen LogP contribution in [0.3, 0.4) is 0 Å². The summed E-state index contributed by atoms with van der Waals surface area (Å²) in [5, 5.41) is 2.90. The van der Waals surface area contributed by atoms with Crippen LogP contribution in [0.15, 0.2) is 42.6 Å². The number of hydrogen-bond donors (Lipinski definition) is 1. The number of amides is 1. The molecule has 1 aromatic heterocycles. The van der Waals surface area contributed by atoms with Crippen molar-refractivity contribution in [3.8, 4) is 5.75 Å². The summed E-state index contributed by atoms with van der Waals surface area (Å²) in [5.74, 6) is 1.56. The molecule has 128 valence electrons. The van der Waals surface area contributed by atoms with E-state index in [-0.39, 0.29) is 5.91 Å². The van der Waals surface area contributed by atoms with Crippen molar-refractivity contribution < 1.29 is 9.53 Å². The Morgan fingerprint density at radius 2 is 1.96 bits per heavy atom. The lowest BCUT2D eigenvalue weighted by Gasteiger charge is -2.17. The number of nitrogens with zero attached hydrogens (tertiary/aromatic N) is 2. The zero-order chi connectivity index (χ0) is 17.4. The Bertz CT molecular complexity index is 639. The molecule has 0 aliphatic rings. The molecule has 0 aliphatic carbocycles. The van der Waals surface area contributed by atoms with Crippen molar-refractivity contribution in [1.82, 2.24) is 10.3 Å². The molecule has 1 aromatic carbocycles. The Hall–Kier alpha value is -2.56. The van der Waals surface area contributed by atoms with Gasteiger partial charge in [0.25, 0.3) is 5.91 Å². The average molecular weight is 327 g/mol. The van der Waals surface area contributed by atoms with E-state index >= 15 is 0 Å². The summed E-state index contributed by atoms with van der Waals surface area (Å²) in [4.78, 5) is 18.7. The lowest BCUT2D eigenvalue weighted by Crippen LogP contribution is -2.23. The van der Waals surface area contributed by atoms with E-state index in [0.717, 1.165) is 36.5 Å². The van der Waals surface area contributed by atoms with Gasteiger partial charge in [-0.25, -0.2) is 4.98 Å². The molecule has 1 amide bonds. The van der Waals surface area contributed by atoms with Crippen LogP contribution in [0, 0.1) is 0 Å². The second-order valence-electron chi connectivity index (χ2n) is 5.71. The van der Waals surface area contributed by atoms with E-state index in [1.54, 1.807) is 13.3 Å². The molecule has 5 heteroatoms. The summed E-state index contributed by atoms with van der Waals surface area (Å²) in [6.07, 6.45) is 3.90. The fourth-order valence-electron chi connectivity index (χ4n) is 2.28. The Morgan fingerprint density at radius 1 is 1.21 bits per heavy atom. The van der Waals surface area contributed by atoms with Gasteiger partial charge >= 0.3 is 0 Å². The standard InChI is InChI=1S/C19H25N3O2/c1-4-5-12-22(2)18-11-8-16(14-20-18)19(23)21-13-15-6-9-17(24-3)10-7-15/h6-11,14H,4-5,12-13H2,1-3H3,(H,21,23). The van der Waals surface area contributed by atoms with E-state index in [2.05, 4.69) is 22.1 Å². The molecule has 0 radical (unpaired) electrons. The number of hydrogen-bond acceptors (Lipinski definition) is 4. The highest BCUT2D eigenvalue weighted by molar-refractivity contribution is 5.94. The Morgan fingerprint density at radius 3 is 2.54 bits per heavy atom. The van der Waals surface area contributed by atoms with Crippen LogP contribution in [0.25, 0.3) is 0 Å². The molecule has 2 aromatic rings. The van der Waals surface area contributed by atoms with Crippen LogP contribution in [0.5, 0.6) is 5.75 Å². The molecule has 0 bridgehead atoms. The van der Waals surface area contributed by atoms with Crippen molar-refractivity contribution in [2.24, 2.45) is 0 Å². The molecule has 0 aliphatic heterocycles. The zero-order valence-corrected chi connectivity index (χ0v) is 14.6. The van der Waals surface area contributed by atoms with Crippen molar-refractivity contribution in [2.75, 3.05) is 25.6 Å². The maximum Gasteiger partial charge on any atom is 0.253 e. The lowest BCUT2D eigenvalue weighted by atomic mass is 10.2. The first-order valence-corrected chi connectivity index (χ1v) is 8.22. The van der Waals surface area contributed by atoms with Crippen LogP contribution in [0.2, 0.25) is 0 Å². The minimum absolute atomic E-state index is 0.124. The quantitative estimate of drug-likeness (QED) is 0.808. The van der Waals surface area contributed by atoms with E-state index in [1.165, 1.54) is 0 Å². The summed E-state index contributed by atoms with van der Waals surface area (Å²) in [5.41, 5.74) is 1.59. The molecule has 24 heavy (non-hydrogen) atoms. The first-order chi connectivity index (χ1) is 11.6. The van der Waals surface area contributed by atoms with Gasteiger partial charge in [0.15, 0.2) is 0 Å². The Kier molecular flexibility index (Phi) is 6.61. The highest BCUT2D eigenvalue weighted by atomic mass is 16.5. The fraction of sp³-hybridized carbons (Fsp3) is 0.368. The van der Waals surface area contributed by atoms with Crippen LogP contribution >= 0.6 is 0 Å². The molecule has 5 nitrogen and oxygen atoms in total. The van der Waals surface area contributed by atoms with Gasteiger partial charge in [-0.05, 0) is 36.2 Å². The molecule has 0 saturated carbocycles. The van der Waals surface area contributed by atoms with E-state index in [4.69, 9.17) is 4.74 Å². The Balaban J connectivity index is 1.89. The topological polar surface area (TPSA) is 54.5 Å². The average Bonchev–Trinajstić information content (AvgIpc) is 2.64. The van der Waals surface area contributed by atoms with Crippen LogP contribution in [-0.4, -0.2) is 31.6 Å². The number of rotatable bonds is 8. The summed E-state index contributed by atoms with van der Waals surface area (Å²) in [6.45, 7) is 3.60. The van der Waals surface area contributed by atoms with Crippen molar-refractivity contribution in [3.05, 3.63) is 53.7 Å². The minimum atomic E-state index is -0.124. The largest absolute Gasteiger partial charge is 0.497 e. The maximum atomic E-state index is 12.2. The van der Waals surface area contributed by atoms with Gasteiger partial charge in [0, 0.05) is 26.3 Å². The van der Waals surface area contributed by atoms with Crippen molar-refractivity contribution in [2.45, 2.75) is 26.3 Å². The summed E-state index contributed by atoms with van der Waals surface area (Å²) >= 11 is 0. The van der Waals surface area contributed by atoms with Gasteiger partial charge in [-0.1, -0.05) is 25.5 Å². The van der Waals surface area contributed by atoms with Gasteiger partial charge < -0.3 is 15.0 Å². The monoisotopic (exact) mass is 327 g/mol. The zero-order valence-electron chi connectivity index (χ0n) is 14.6. The molecular weight excluding hydrogens is 302 g/mol. The summed E-state index contributed by atoms with van der Waals surface area (Å²) in [6, 6.07) is 11.3. The van der Waals surface area contributed by atoms with Crippen LogP contribution in [0.1, 0.15) is 35.7 Å². The predicted octanol–water partition coefficient (Wildman–Crippen LogP) is 3.26. The van der Waals surface area contributed by atoms with Crippen molar-refractivity contribution in [3.63, 3.8) is 0 Å². The van der Waals surface area contributed by atoms with Crippen molar-refractivity contribution in [1.29, 1.82) is 0 Å². The highest BCUT2D eigenvalue weighted by Crippen LogP contribution is 2.12. The maximum absolute atomic E-state index is 12.2. The number of nitrogens with one attached hydrogen (secondary N) is 1. The molecule has 0 fully saturated rings. The van der Waals surface area contributed by atoms with Crippen molar-refractivity contribution >= 4 is 11.7 Å². The highest BCUT2D eigenvalue weighted by Gasteiger charge is 2.08. The normalized spacial score (nSPS) is 10.3. The molecular formula is C19H25N3O2. The van der Waals surface area contributed by atoms with Crippen LogP contribution < -0.4 is 15.0 Å². The van der Waals surface area contributed by atoms with Gasteiger partial charge in [-0.2, -0.15) is 0 Å². The second-order valence-corrected chi connectivity index (χ2v) is 5.71. The number of carbonyl (C=O) groups excluding carboxylic acids is 1. The first-order valence-electron chi connectivity index (χ1n) is 8.22. The summed E-state index contributed by atoms with van der Waals surface area (Å²) in [7, 11) is 3.65. The number of ether oxygens (including phenoxy) is 1. The SMILES string of the molecule is CCCCN(C)c1ccc(C(=O)NCc2ccc(OC)cc2)cn1. The number of carbonyl (C=O) groups is 1. The minimum Gasteiger partial charge on any atom is -0.497 e. The fourth-order valence-corrected chi connectivity index (χ4v) is 2.28. The second kappa shape index (κ2) is 8.91. The molecule has 0 unspecified atom stereocenters. The molecule has 1 N–H and O–H groups in total. The van der Waals surface area contributed by atoms with E-state index in [1.807, 2.05) is 43.4 Å². The molecule has 1 heterocycles. The van der Waals surface area contributed by atoms with Gasteiger partial charge in [0.2, 0.25) is 0 Å². The van der Waals surface area contributed by atoms with Crippen LogP contribution in [-0.2, 0) is 6.54 Å². The smallest absolute Gasteiger partial charge is 0.253 e. The van der Waals surface area contributed by atoms with E-state index < -0.39 is 0 Å². The van der Waals surface area contributed by atoms with Gasteiger partial charge in [0.05, 0.1) is 12.7 Å². The first kappa shape index (κ1) is 17.8. The number of aromatic nitrogens is 1. The number of methoxy groups -OCH3 is 1. The Labute approximate surface area is 143 Å². The van der Waals surface area contributed by atoms with E-state index in [9.17, 15) is 4.79 Å². The van der Waals surface area contributed by atoms with Crippen LogP contribution in [0.4, 0.5) is 5.82 Å². The molecule has 2 rings (SSSR count). The number of benzene rings is 1. The van der Waals surface area contributed by atoms with Gasteiger partial charge in [-0.15, -0.1) is 0 Å². The van der Waals surface area contributed by atoms with Gasteiger partial charge in [-0.3, -0.25) is 4.79 Å².